The lowest BCUT2D eigenvalue weighted by Gasteiger charge is -2.09. The summed E-state index contributed by atoms with van der Waals surface area (Å²) >= 11 is 0. The summed E-state index contributed by atoms with van der Waals surface area (Å²) < 4.78 is 17.3. The van der Waals surface area contributed by atoms with Crippen LogP contribution < -0.4 is 4.74 Å². The molecule has 1 aromatic carbocycles. The molecule has 0 radical (unpaired) electrons. The maximum absolute atomic E-state index is 11.8. The van der Waals surface area contributed by atoms with Crippen molar-refractivity contribution in [1.82, 2.24) is 0 Å². The zero-order valence-electron chi connectivity index (χ0n) is 11.6. The third-order valence-electron chi connectivity index (χ3n) is 2.95. The van der Waals surface area contributed by atoms with Gasteiger partial charge in [0.1, 0.15) is 11.8 Å². The first kappa shape index (κ1) is 15.7. The number of benzene rings is 1. The van der Waals surface area contributed by atoms with Crippen molar-refractivity contribution in [3.05, 3.63) is 29.8 Å². The first-order valence-corrected chi connectivity index (χ1v) is 8.13. The summed E-state index contributed by atoms with van der Waals surface area (Å²) in [5, 5.41) is 8.91. The molecule has 0 amide bonds. The zero-order chi connectivity index (χ0) is 14.1. The fourth-order valence-corrected chi connectivity index (χ4v) is 3.08. The SMILES string of the molecule is CCC(C)CS(=O)CCCOc1ccccc1C#N. The van der Waals surface area contributed by atoms with Gasteiger partial charge in [0.2, 0.25) is 0 Å². The highest BCUT2D eigenvalue weighted by Gasteiger charge is 2.06. The predicted octanol–water partition coefficient (Wildman–Crippen LogP) is 3.12. The Morgan fingerprint density at radius 3 is 2.84 bits per heavy atom. The Morgan fingerprint density at radius 1 is 1.42 bits per heavy atom. The van der Waals surface area contributed by atoms with Gasteiger partial charge in [-0.15, -0.1) is 0 Å². The van der Waals surface area contributed by atoms with Gasteiger partial charge in [0.15, 0.2) is 0 Å². The molecule has 0 aromatic heterocycles. The Hall–Kier alpha value is -1.34. The van der Waals surface area contributed by atoms with Crippen LogP contribution in [0.15, 0.2) is 24.3 Å². The van der Waals surface area contributed by atoms with Gasteiger partial charge in [0, 0.05) is 22.3 Å². The molecule has 1 rings (SSSR count). The molecule has 3 nitrogen and oxygen atoms in total. The van der Waals surface area contributed by atoms with Gasteiger partial charge in [-0.3, -0.25) is 4.21 Å². The summed E-state index contributed by atoms with van der Waals surface area (Å²) in [6.07, 6.45) is 1.82. The molecule has 104 valence electrons. The average Bonchev–Trinajstić information content (AvgIpc) is 2.43. The highest BCUT2D eigenvalue weighted by Crippen LogP contribution is 2.16. The minimum Gasteiger partial charge on any atom is -0.492 e. The second-order valence-electron chi connectivity index (χ2n) is 4.63. The maximum atomic E-state index is 11.8. The van der Waals surface area contributed by atoms with Gasteiger partial charge in [-0.25, -0.2) is 0 Å². The second-order valence-corrected chi connectivity index (χ2v) is 6.26. The molecule has 0 spiro atoms. The smallest absolute Gasteiger partial charge is 0.137 e. The molecule has 2 unspecified atom stereocenters. The first-order valence-electron chi connectivity index (χ1n) is 6.64. The standard InChI is InChI=1S/C15H21NO2S/c1-3-13(2)12-19(17)10-6-9-18-15-8-5-4-7-14(15)11-16/h4-5,7-8,13H,3,6,9-10,12H2,1-2H3. The van der Waals surface area contributed by atoms with E-state index < -0.39 is 10.8 Å². The van der Waals surface area contributed by atoms with Gasteiger partial charge in [-0.05, 0) is 24.5 Å². The number of para-hydroxylation sites is 1. The highest BCUT2D eigenvalue weighted by atomic mass is 32.2. The van der Waals surface area contributed by atoms with Gasteiger partial charge in [0.05, 0.1) is 12.2 Å². The molecule has 0 aliphatic rings. The molecule has 0 aliphatic heterocycles. The third kappa shape index (κ3) is 5.89. The summed E-state index contributed by atoms with van der Waals surface area (Å²) in [5.41, 5.74) is 0.545. The molecular weight excluding hydrogens is 258 g/mol. The molecule has 2 atom stereocenters. The zero-order valence-corrected chi connectivity index (χ0v) is 12.4. The van der Waals surface area contributed by atoms with Gasteiger partial charge in [-0.1, -0.05) is 32.4 Å². The monoisotopic (exact) mass is 279 g/mol. The fourth-order valence-electron chi connectivity index (χ4n) is 1.61. The number of nitrogens with zero attached hydrogens (tertiary/aromatic N) is 1. The second kappa shape index (κ2) is 8.71. The minimum atomic E-state index is -0.760. The summed E-state index contributed by atoms with van der Waals surface area (Å²) in [7, 11) is -0.760. The minimum absolute atomic E-state index is 0.505. The van der Waals surface area contributed by atoms with Crippen molar-refractivity contribution >= 4 is 10.8 Å². The van der Waals surface area contributed by atoms with Crippen LogP contribution in [0, 0.1) is 17.2 Å². The van der Waals surface area contributed by atoms with Crippen molar-refractivity contribution < 1.29 is 8.95 Å². The average molecular weight is 279 g/mol. The lowest BCUT2D eigenvalue weighted by Crippen LogP contribution is -2.12. The lowest BCUT2D eigenvalue weighted by molar-refractivity contribution is 0.317. The van der Waals surface area contributed by atoms with Crippen LogP contribution in [0.2, 0.25) is 0 Å². The summed E-state index contributed by atoms with van der Waals surface area (Å²) in [4.78, 5) is 0. The van der Waals surface area contributed by atoms with Crippen LogP contribution in [-0.4, -0.2) is 22.3 Å². The molecule has 0 N–H and O–H groups in total. The van der Waals surface area contributed by atoms with Gasteiger partial charge in [0.25, 0.3) is 0 Å². The van der Waals surface area contributed by atoms with E-state index in [1.807, 2.05) is 12.1 Å². The third-order valence-corrected chi connectivity index (χ3v) is 4.63. The Morgan fingerprint density at radius 2 is 2.16 bits per heavy atom. The number of ether oxygens (including phenoxy) is 1. The Balaban J connectivity index is 2.28. The van der Waals surface area contributed by atoms with Crippen molar-refractivity contribution in [1.29, 1.82) is 5.26 Å². The summed E-state index contributed by atoms with van der Waals surface area (Å²) in [5.74, 6) is 2.56. The number of nitriles is 1. The molecule has 19 heavy (non-hydrogen) atoms. The van der Waals surface area contributed by atoms with Gasteiger partial charge in [-0.2, -0.15) is 5.26 Å². The van der Waals surface area contributed by atoms with Gasteiger partial charge >= 0.3 is 0 Å². The first-order chi connectivity index (χ1) is 9.17. The Kier molecular flexibility index (Phi) is 7.20. The maximum Gasteiger partial charge on any atom is 0.137 e. The van der Waals surface area contributed by atoms with Crippen LogP contribution in [0.1, 0.15) is 32.3 Å². The Bertz CT molecular complexity index is 454. The quantitative estimate of drug-likeness (QED) is 0.687. The van der Waals surface area contributed by atoms with E-state index in [0.29, 0.717) is 29.6 Å². The van der Waals surface area contributed by atoms with Crippen LogP contribution >= 0.6 is 0 Å². The van der Waals surface area contributed by atoms with Crippen LogP contribution in [0.25, 0.3) is 0 Å². The molecule has 0 aliphatic carbocycles. The van der Waals surface area contributed by atoms with E-state index in [1.54, 1.807) is 12.1 Å². The summed E-state index contributed by atoms with van der Waals surface area (Å²) in [6, 6.07) is 9.27. The van der Waals surface area contributed by atoms with E-state index in [1.165, 1.54) is 0 Å². The number of hydrogen-bond acceptors (Lipinski definition) is 3. The molecule has 1 aromatic rings. The molecule has 0 heterocycles. The van der Waals surface area contributed by atoms with Crippen LogP contribution in [-0.2, 0) is 10.8 Å². The van der Waals surface area contributed by atoms with Crippen molar-refractivity contribution in [2.24, 2.45) is 5.92 Å². The molecule has 0 saturated heterocycles. The van der Waals surface area contributed by atoms with E-state index in [4.69, 9.17) is 10.00 Å². The number of rotatable bonds is 8. The number of hydrogen-bond donors (Lipinski definition) is 0. The molecule has 4 heteroatoms. The van der Waals surface area contributed by atoms with Crippen molar-refractivity contribution in [3.8, 4) is 11.8 Å². The Labute approximate surface area is 118 Å². The van der Waals surface area contributed by atoms with Crippen molar-refractivity contribution in [3.63, 3.8) is 0 Å². The fraction of sp³-hybridized carbons (Fsp3) is 0.533. The largest absolute Gasteiger partial charge is 0.492 e. The van der Waals surface area contributed by atoms with Gasteiger partial charge < -0.3 is 4.74 Å². The van der Waals surface area contributed by atoms with Crippen molar-refractivity contribution in [2.75, 3.05) is 18.1 Å². The summed E-state index contributed by atoms with van der Waals surface area (Å²) in [6.45, 7) is 4.74. The molecule has 0 bridgehead atoms. The van der Waals surface area contributed by atoms with Crippen LogP contribution in [0.5, 0.6) is 5.75 Å². The van der Waals surface area contributed by atoms with E-state index in [0.717, 1.165) is 18.6 Å². The normalized spacial score (nSPS) is 13.5. The van der Waals surface area contributed by atoms with E-state index in [2.05, 4.69) is 19.9 Å². The predicted molar refractivity (Wildman–Crippen MR) is 78.6 cm³/mol. The molecule has 0 saturated carbocycles. The van der Waals surface area contributed by atoms with Crippen molar-refractivity contribution in [2.45, 2.75) is 26.7 Å². The van der Waals surface area contributed by atoms with E-state index in [9.17, 15) is 4.21 Å². The van der Waals surface area contributed by atoms with E-state index >= 15 is 0 Å². The topological polar surface area (TPSA) is 50.1 Å². The highest BCUT2D eigenvalue weighted by molar-refractivity contribution is 7.84. The molecule has 0 fully saturated rings. The van der Waals surface area contributed by atoms with E-state index in [-0.39, 0.29) is 0 Å². The van der Waals surface area contributed by atoms with Crippen LogP contribution in [0.3, 0.4) is 0 Å². The van der Waals surface area contributed by atoms with Crippen LogP contribution in [0.4, 0.5) is 0 Å². The molecular formula is C15H21NO2S. The lowest BCUT2D eigenvalue weighted by atomic mass is 10.2.